The van der Waals surface area contributed by atoms with E-state index in [0.29, 0.717) is 19.8 Å². The van der Waals surface area contributed by atoms with Gasteiger partial charge in [0.2, 0.25) is 20.0 Å². The maximum Gasteiger partial charge on any atom is 0.254 e. The monoisotopic (exact) mass is 505 g/mol. The third kappa shape index (κ3) is 3.55. The van der Waals surface area contributed by atoms with E-state index in [1.54, 1.807) is 0 Å². The van der Waals surface area contributed by atoms with Gasteiger partial charge in [0.15, 0.2) is 9.84 Å². The number of sulfonamides is 2. The van der Waals surface area contributed by atoms with Gasteiger partial charge in [0.25, 0.3) is 3.41 Å². The average molecular weight is 506 g/mol. The molecule has 1 saturated heterocycles. The van der Waals surface area contributed by atoms with Gasteiger partial charge in [0.05, 0.1) is 18.0 Å². The molecule has 2 unspecified atom stereocenters. The van der Waals surface area contributed by atoms with Crippen LogP contribution in [0.3, 0.4) is 0 Å². The van der Waals surface area contributed by atoms with Crippen LogP contribution in [0.2, 0.25) is 0 Å². The molecule has 174 valence electrons. The molecule has 0 radical (unpaired) electrons. The second kappa shape index (κ2) is 7.95. The third-order valence-corrected chi connectivity index (χ3v) is 15.5. The third-order valence-electron chi connectivity index (χ3n) is 6.04. The molecule has 4 N–H and O–H groups in total. The summed E-state index contributed by atoms with van der Waals surface area (Å²) < 4.78 is 82.8. The highest BCUT2D eigenvalue weighted by molar-refractivity contribution is 8.34. The lowest BCUT2D eigenvalue weighted by Gasteiger charge is -2.32. The molecule has 3 rings (SSSR count). The number of sulfone groups is 1. The van der Waals surface area contributed by atoms with Gasteiger partial charge >= 0.3 is 0 Å². The molecule has 2 bridgehead atoms. The van der Waals surface area contributed by atoms with Crippen molar-refractivity contribution in [2.24, 2.45) is 10.3 Å². The van der Waals surface area contributed by atoms with Crippen LogP contribution in [0.4, 0.5) is 0 Å². The lowest BCUT2D eigenvalue weighted by Crippen LogP contribution is -2.50. The number of fused-ring (bicyclic) bond motifs is 3. The number of rotatable bonds is 9. The fourth-order valence-corrected chi connectivity index (χ4v) is 12.4. The summed E-state index contributed by atoms with van der Waals surface area (Å²) in [4.78, 5) is 1.93. The fraction of sp³-hybridized carbons (Fsp3) is 0.867. The largest absolute Gasteiger partial charge is 0.382 e. The normalized spacial score (nSPS) is 30.6. The number of likely N-dealkylation sites (tertiary alicyclic amines) is 1. The lowest BCUT2D eigenvalue weighted by atomic mass is 9.95. The number of primary sulfonamides is 2. The van der Waals surface area contributed by atoms with Crippen molar-refractivity contribution < 1.29 is 34.7 Å². The van der Waals surface area contributed by atoms with E-state index in [0.717, 1.165) is 0 Å². The van der Waals surface area contributed by atoms with Gasteiger partial charge < -0.3 is 9.47 Å². The van der Waals surface area contributed by atoms with Crippen LogP contribution < -0.4 is 10.3 Å². The number of nitrogens with two attached hydrogens (primary N) is 2. The standard InChI is InChI=1S/C15H27N3O8S4/c1-3-18-10-14(4-5-26-7-6-25-2)9-12(18)11-8-15(29(16,21)22,30(17,23)24)27-13(11)28(14,19)20/h12H,3-10H2,1-2H3,(H2,16,21,22)(H2,17,23,24). The van der Waals surface area contributed by atoms with Gasteiger partial charge in [-0.25, -0.2) is 35.5 Å². The molecular weight excluding hydrogens is 478 g/mol. The molecular formula is C15H27N3O8S4. The molecule has 0 aromatic heterocycles. The van der Waals surface area contributed by atoms with E-state index in [2.05, 4.69) is 0 Å². The molecule has 3 aliphatic heterocycles. The highest BCUT2D eigenvalue weighted by Gasteiger charge is 2.67. The minimum absolute atomic E-state index is 0.176. The molecule has 30 heavy (non-hydrogen) atoms. The predicted octanol–water partition coefficient (Wildman–Crippen LogP) is -1.12. The summed E-state index contributed by atoms with van der Waals surface area (Å²) in [5.41, 5.74) is 0.262. The maximum atomic E-state index is 13.6. The van der Waals surface area contributed by atoms with Crippen molar-refractivity contribution in [1.29, 1.82) is 0 Å². The van der Waals surface area contributed by atoms with Crippen molar-refractivity contribution in [3.8, 4) is 0 Å². The molecule has 11 nitrogen and oxygen atoms in total. The Hall–Kier alpha value is -0.260. The van der Waals surface area contributed by atoms with Crippen LogP contribution in [0.15, 0.2) is 9.81 Å². The van der Waals surface area contributed by atoms with E-state index >= 15 is 0 Å². The van der Waals surface area contributed by atoms with Crippen LogP contribution in [0.5, 0.6) is 0 Å². The van der Waals surface area contributed by atoms with Crippen LogP contribution in [0.25, 0.3) is 0 Å². The highest BCUT2D eigenvalue weighted by Crippen LogP contribution is 2.61. The molecule has 0 saturated carbocycles. The topological polar surface area (TPSA) is 176 Å². The molecule has 0 aliphatic carbocycles. The van der Waals surface area contributed by atoms with E-state index in [-0.39, 0.29) is 47.6 Å². The van der Waals surface area contributed by atoms with Gasteiger partial charge in [-0.15, -0.1) is 0 Å². The summed E-state index contributed by atoms with van der Waals surface area (Å²) >= 11 is 0.247. The summed E-state index contributed by atoms with van der Waals surface area (Å²) in [6, 6.07) is -0.398. The number of nitrogens with zero attached hydrogens (tertiary/aromatic N) is 1. The zero-order chi connectivity index (χ0) is 22.6. The Morgan fingerprint density at radius 1 is 1.17 bits per heavy atom. The SMILES string of the molecule is CCN1CC2(CCOCCOC)CC1C1=C(SC(S(N)(=O)=O)(S(N)(=O)=O)C1)S2(=O)=O. The highest BCUT2D eigenvalue weighted by atomic mass is 32.3. The number of likely N-dealkylation sites (N-methyl/N-ethyl adjacent to an activating group) is 1. The molecule has 0 aromatic carbocycles. The van der Waals surface area contributed by atoms with Crippen molar-refractivity contribution in [1.82, 2.24) is 4.90 Å². The van der Waals surface area contributed by atoms with E-state index in [1.807, 2.05) is 11.8 Å². The number of hydrogen-bond donors (Lipinski definition) is 2. The molecule has 15 heteroatoms. The summed E-state index contributed by atoms with van der Waals surface area (Å²) in [5.74, 6) is 0. The summed E-state index contributed by atoms with van der Waals surface area (Å²) in [7, 11) is -12.0. The smallest absolute Gasteiger partial charge is 0.254 e. The van der Waals surface area contributed by atoms with Crippen LogP contribution in [-0.2, 0) is 39.4 Å². The Morgan fingerprint density at radius 2 is 1.80 bits per heavy atom. The maximum absolute atomic E-state index is 13.6. The summed E-state index contributed by atoms with van der Waals surface area (Å²) in [5, 5.41) is 10.5. The molecule has 0 spiro atoms. The van der Waals surface area contributed by atoms with Crippen molar-refractivity contribution in [2.75, 3.05) is 40.0 Å². The van der Waals surface area contributed by atoms with Crippen molar-refractivity contribution in [2.45, 2.75) is 40.4 Å². The fourth-order valence-electron chi connectivity index (χ4n) is 4.42. The summed E-state index contributed by atoms with van der Waals surface area (Å²) in [6.07, 6.45) is -0.131. The lowest BCUT2D eigenvalue weighted by molar-refractivity contribution is 0.0655. The molecule has 3 heterocycles. The Kier molecular flexibility index (Phi) is 6.46. The minimum Gasteiger partial charge on any atom is -0.382 e. The number of hydrogen-bond acceptors (Lipinski definition) is 10. The van der Waals surface area contributed by atoms with Crippen LogP contribution in [-0.4, -0.2) is 84.4 Å². The first-order valence-electron chi connectivity index (χ1n) is 9.28. The Morgan fingerprint density at radius 3 is 2.33 bits per heavy atom. The van der Waals surface area contributed by atoms with E-state index in [4.69, 9.17) is 19.8 Å². The zero-order valence-corrected chi connectivity index (χ0v) is 20.0. The van der Waals surface area contributed by atoms with Crippen molar-refractivity contribution >= 4 is 41.6 Å². The molecule has 0 aromatic rings. The minimum atomic E-state index is -4.73. The van der Waals surface area contributed by atoms with Gasteiger partial charge in [0, 0.05) is 32.7 Å². The quantitative estimate of drug-likeness (QED) is 0.365. The van der Waals surface area contributed by atoms with Gasteiger partial charge in [-0.3, -0.25) is 4.90 Å². The van der Waals surface area contributed by atoms with Gasteiger partial charge in [-0.1, -0.05) is 18.7 Å². The first-order chi connectivity index (χ1) is 13.8. The van der Waals surface area contributed by atoms with E-state index in [1.165, 1.54) is 7.11 Å². The molecule has 1 fully saturated rings. The van der Waals surface area contributed by atoms with Gasteiger partial charge in [-0.2, -0.15) is 0 Å². The van der Waals surface area contributed by atoms with Gasteiger partial charge in [-0.05, 0) is 25.0 Å². The number of thioether (sulfide) groups is 1. The van der Waals surface area contributed by atoms with Crippen LogP contribution in [0, 0.1) is 0 Å². The zero-order valence-electron chi connectivity index (χ0n) is 16.7. The van der Waals surface area contributed by atoms with Crippen LogP contribution >= 0.6 is 11.8 Å². The van der Waals surface area contributed by atoms with Gasteiger partial charge in [0.1, 0.15) is 4.24 Å². The first-order valence-corrected chi connectivity index (χ1v) is 14.7. The van der Waals surface area contributed by atoms with E-state index < -0.39 is 50.5 Å². The number of ether oxygens (including phenoxy) is 2. The second-order valence-electron chi connectivity index (χ2n) is 7.69. The average Bonchev–Trinajstić information content (AvgIpc) is 3.20. The molecule has 3 aliphatic rings. The summed E-state index contributed by atoms with van der Waals surface area (Å²) in [6.45, 7) is 3.51. The Bertz CT molecular complexity index is 1020. The number of methoxy groups -OCH3 is 1. The molecule has 0 amide bonds. The first kappa shape index (κ1) is 24.4. The van der Waals surface area contributed by atoms with Crippen molar-refractivity contribution in [3.63, 3.8) is 0 Å². The Labute approximate surface area is 181 Å². The Balaban J connectivity index is 2.02. The van der Waals surface area contributed by atoms with E-state index in [9.17, 15) is 25.3 Å². The predicted molar refractivity (Wildman–Crippen MR) is 113 cm³/mol. The molecule has 2 atom stereocenters. The second-order valence-corrected chi connectivity index (χ2v) is 15.9. The van der Waals surface area contributed by atoms with Crippen LogP contribution in [0.1, 0.15) is 26.2 Å². The van der Waals surface area contributed by atoms with Crippen molar-refractivity contribution in [3.05, 3.63) is 9.81 Å².